The Kier molecular flexibility index (Phi) is 5.87. The van der Waals surface area contributed by atoms with Gasteiger partial charge in [0.2, 0.25) is 0 Å². The highest BCUT2D eigenvalue weighted by atomic mass is 32.1. The molecule has 0 aliphatic carbocycles. The Morgan fingerprint density at radius 1 is 1.18 bits per heavy atom. The molecule has 2 N–H and O–H groups in total. The van der Waals surface area contributed by atoms with Gasteiger partial charge in [-0.2, -0.15) is 0 Å². The summed E-state index contributed by atoms with van der Waals surface area (Å²) in [5.41, 5.74) is 6.52. The van der Waals surface area contributed by atoms with Crippen molar-refractivity contribution in [1.82, 2.24) is 9.88 Å². The predicted molar refractivity (Wildman–Crippen MR) is 114 cm³/mol. The van der Waals surface area contributed by atoms with Gasteiger partial charge in [0.25, 0.3) is 0 Å². The first-order valence-electron chi connectivity index (χ1n) is 9.23. The lowest BCUT2D eigenvalue weighted by Crippen LogP contribution is -2.42. The molecule has 28 heavy (non-hydrogen) atoms. The number of nitrogens with two attached hydrogens (primary N) is 1. The van der Waals surface area contributed by atoms with Crippen molar-refractivity contribution in [3.05, 3.63) is 47.2 Å². The monoisotopic (exact) mass is 397 g/mol. The summed E-state index contributed by atoms with van der Waals surface area (Å²) in [4.78, 5) is 7.60. The van der Waals surface area contributed by atoms with Gasteiger partial charge >= 0.3 is 0 Å². The van der Waals surface area contributed by atoms with E-state index in [0.717, 1.165) is 28.2 Å². The molecule has 0 aliphatic heterocycles. The molecule has 3 rings (SSSR count). The van der Waals surface area contributed by atoms with Crippen LogP contribution in [0, 0.1) is 17.7 Å². The zero-order chi connectivity index (χ0) is 20.3. The number of nitrogens with zero attached hydrogens (tertiary/aromatic N) is 2. The third kappa shape index (κ3) is 4.27. The van der Waals surface area contributed by atoms with Crippen molar-refractivity contribution >= 4 is 27.2 Å². The summed E-state index contributed by atoms with van der Waals surface area (Å²) in [6.07, 6.45) is 1.65. The van der Waals surface area contributed by atoms with E-state index in [1.165, 1.54) is 23.5 Å². The number of anilines is 1. The summed E-state index contributed by atoms with van der Waals surface area (Å²) in [7, 11) is 0. The Morgan fingerprint density at radius 3 is 2.61 bits per heavy atom. The van der Waals surface area contributed by atoms with E-state index < -0.39 is 5.82 Å². The number of halogens is 1. The third-order valence-electron chi connectivity index (χ3n) is 4.60. The van der Waals surface area contributed by atoms with Crippen LogP contribution in [0.2, 0.25) is 0 Å². The number of rotatable bonds is 5. The lowest BCUT2D eigenvalue weighted by Gasteiger charge is -2.32. The highest BCUT2D eigenvalue weighted by molar-refractivity contribution is 7.19. The molecule has 0 radical (unpaired) electrons. The highest BCUT2D eigenvalue weighted by Crippen LogP contribution is 2.35. The molecule has 0 spiro atoms. The molecule has 0 amide bonds. The molecule has 0 saturated carbocycles. The van der Waals surface area contributed by atoms with Gasteiger partial charge < -0.3 is 10.5 Å². The molecule has 0 bridgehead atoms. The lowest BCUT2D eigenvalue weighted by molar-refractivity contribution is 0.189. The molecule has 2 aromatic heterocycles. The largest absolute Gasteiger partial charge is 0.453 e. The highest BCUT2D eigenvalue weighted by Gasteiger charge is 2.21. The summed E-state index contributed by atoms with van der Waals surface area (Å²) >= 11 is 1.49. The maximum atomic E-state index is 14.1. The zero-order valence-electron chi connectivity index (χ0n) is 16.5. The second-order valence-corrected chi connectivity index (χ2v) is 7.96. The predicted octanol–water partition coefficient (Wildman–Crippen LogP) is 5.28. The number of aromatic nitrogens is 1. The second kappa shape index (κ2) is 8.17. The van der Waals surface area contributed by atoms with E-state index in [1.807, 2.05) is 6.07 Å². The van der Waals surface area contributed by atoms with Crippen LogP contribution in [0.15, 0.2) is 36.5 Å². The molecule has 6 heteroatoms. The van der Waals surface area contributed by atoms with Gasteiger partial charge in [-0.3, -0.25) is 9.88 Å². The molecular formula is C22H24FN3OS. The summed E-state index contributed by atoms with van der Waals surface area (Å²) in [5, 5.41) is 0. The smallest absolute Gasteiger partial charge is 0.167 e. The van der Waals surface area contributed by atoms with Crippen LogP contribution in [0.1, 0.15) is 32.6 Å². The maximum absolute atomic E-state index is 14.1. The van der Waals surface area contributed by atoms with Crippen LogP contribution in [0.5, 0.6) is 11.5 Å². The van der Waals surface area contributed by atoms with Crippen LogP contribution < -0.4 is 10.5 Å². The number of pyridine rings is 1. The minimum Gasteiger partial charge on any atom is -0.453 e. The summed E-state index contributed by atoms with van der Waals surface area (Å²) in [5.74, 6) is 6.82. The quantitative estimate of drug-likeness (QED) is 0.470. The zero-order valence-corrected chi connectivity index (χ0v) is 17.4. The molecule has 0 aliphatic rings. The Labute approximate surface area is 169 Å². The van der Waals surface area contributed by atoms with Gasteiger partial charge in [-0.25, -0.2) is 4.39 Å². The normalized spacial score (nSPS) is 11.5. The lowest BCUT2D eigenvalue weighted by atomic mass is 10.0. The van der Waals surface area contributed by atoms with Crippen molar-refractivity contribution < 1.29 is 9.13 Å². The fourth-order valence-corrected chi connectivity index (χ4v) is 4.00. The molecule has 0 fully saturated rings. The van der Waals surface area contributed by atoms with Crippen molar-refractivity contribution in [2.24, 2.45) is 0 Å². The van der Waals surface area contributed by atoms with Crippen LogP contribution in [0.3, 0.4) is 0 Å². The number of benzene rings is 1. The Hall–Kier alpha value is -2.62. The third-order valence-corrected chi connectivity index (χ3v) is 5.65. The SMILES string of the molecule is CCN(CC)C(C)(C)C#Cc1cc2nccc(Oc3ccc(N)cc3F)c2s1. The average molecular weight is 398 g/mol. The number of hydrogen-bond donors (Lipinski definition) is 1. The summed E-state index contributed by atoms with van der Waals surface area (Å²) < 4.78 is 20.7. The number of hydrogen-bond acceptors (Lipinski definition) is 5. The van der Waals surface area contributed by atoms with Gasteiger partial charge in [0.1, 0.15) is 5.75 Å². The van der Waals surface area contributed by atoms with E-state index in [1.54, 1.807) is 18.3 Å². The number of nitrogen functional groups attached to an aromatic ring is 1. The first-order valence-corrected chi connectivity index (χ1v) is 10.1. The van der Waals surface area contributed by atoms with Gasteiger partial charge in [-0.05, 0) is 45.1 Å². The van der Waals surface area contributed by atoms with E-state index in [4.69, 9.17) is 10.5 Å². The molecule has 2 heterocycles. The standard InChI is InChI=1S/C22H24FN3OS/c1-5-26(6-2)22(3,4)11-9-16-14-18-21(28-16)20(10-12-25-18)27-19-8-7-15(24)13-17(19)23/h7-8,10,12-14H,5-6,24H2,1-4H3. The van der Waals surface area contributed by atoms with Crippen LogP contribution in [0.25, 0.3) is 10.2 Å². The fourth-order valence-electron chi connectivity index (χ4n) is 3.08. The van der Waals surface area contributed by atoms with E-state index in [2.05, 4.69) is 49.4 Å². The van der Waals surface area contributed by atoms with Crippen LogP contribution >= 0.6 is 11.3 Å². The maximum Gasteiger partial charge on any atom is 0.167 e. The first-order chi connectivity index (χ1) is 13.3. The Morgan fingerprint density at radius 2 is 1.93 bits per heavy atom. The van der Waals surface area contributed by atoms with Gasteiger partial charge in [-0.1, -0.05) is 25.7 Å². The molecule has 146 valence electrons. The minimum absolute atomic E-state index is 0.130. The number of ether oxygens (including phenoxy) is 1. The van der Waals surface area contributed by atoms with Crippen LogP contribution in [0.4, 0.5) is 10.1 Å². The Bertz CT molecular complexity index is 1040. The van der Waals surface area contributed by atoms with E-state index in [0.29, 0.717) is 11.4 Å². The van der Waals surface area contributed by atoms with Crippen molar-refractivity contribution in [2.45, 2.75) is 33.2 Å². The summed E-state index contributed by atoms with van der Waals surface area (Å²) in [6.45, 7) is 10.4. The van der Waals surface area contributed by atoms with Gasteiger partial charge in [0.15, 0.2) is 11.6 Å². The molecule has 0 atom stereocenters. The van der Waals surface area contributed by atoms with Crippen molar-refractivity contribution in [3.8, 4) is 23.3 Å². The molecule has 0 saturated heterocycles. The van der Waals surface area contributed by atoms with Gasteiger partial charge in [0.05, 0.1) is 20.6 Å². The number of thiophene rings is 1. The van der Waals surface area contributed by atoms with E-state index in [9.17, 15) is 4.39 Å². The van der Waals surface area contributed by atoms with Crippen LogP contribution in [-0.4, -0.2) is 28.5 Å². The van der Waals surface area contributed by atoms with Crippen molar-refractivity contribution in [1.29, 1.82) is 0 Å². The molecule has 0 unspecified atom stereocenters. The number of fused-ring (bicyclic) bond motifs is 1. The minimum atomic E-state index is -0.498. The second-order valence-electron chi connectivity index (χ2n) is 6.91. The molecule has 3 aromatic rings. The average Bonchev–Trinajstić information content (AvgIpc) is 3.07. The van der Waals surface area contributed by atoms with E-state index in [-0.39, 0.29) is 11.3 Å². The summed E-state index contributed by atoms with van der Waals surface area (Å²) in [6, 6.07) is 8.05. The first kappa shape index (κ1) is 20.1. The molecular weight excluding hydrogens is 373 g/mol. The van der Waals surface area contributed by atoms with Gasteiger partial charge in [-0.15, -0.1) is 11.3 Å². The van der Waals surface area contributed by atoms with Crippen molar-refractivity contribution in [2.75, 3.05) is 18.8 Å². The Balaban J connectivity index is 1.93. The van der Waals surface area contributed by atoms with Crippen molar-refractivity contribution in [3.63, 3.8) is 0 Å². The van der Waals surface area contributed by atoms with E-state index >= 15 is 0 Å². The van der Waals surface area contributed by atoms with Crippen LogP contribution in [-0.2, 0) is 0 Å². The fraction of sp³-hybridized carbons (Fsp3) is 0.318. The topological polar surface area (TPSA) is 51.4 Å². The molecule has 4 nitrogen and oxygen atoms in total. The molecule has 1 aromatic carbocycles. The van der Waals surface area contributed by atoms with Gasteiger partial charge in [0, 0.05) is 24.0 Å².